The van der Waals surface area contributed by atoms with Crippen LogP contribution in [0.4, 0.5) is 0 Å². The van der Waals surface area contributed by atoms with Gasteiger partial charge in [0.25, 0.3) is 0 Å². The van der Waals surface area contributed by atoms with Gasteiger partial charge < -0.3 is 9.30 Å². The topological polar surface area (TPSA) is 42.9 Å². The maximum atomic E-state index is 8.68. The Morgan fingerprint density at radius 3 is 2.07 bits per heavy atom. The molecule has 0 unspecified atom stereocenters. The molecule has 28 heavy (non-hydrogen) atoms. The fraction of sp³-hybridized carbons (Fsp3) is 0.458. The second-order valence-corrected chi connectivity index (χ2v) is 7.47. The van der Waals surface area contributed by atoms with E-state index in [2.05, 4.69) is 35.8 Å². The van der Waals surface area contributed by atoms with E-state index in [1.807, 2.05) is 34.9 Å². The monoisotopic (exact) mass is 379 g/mol. The third-order valence-electron chi connectivity index (χ3n) is 5.27. The van der Waals surface area contributed by atoms with Crippen LogP contribution in [-0.4, -0.2) is 15.7 Å². The first-order valence-electron chi connectivity index (χ1n) is 10.7. The number of unbranched alkanes of at least 4 members (excludes halogenated alkanes) is 6. The van der Waals surface area contributed by atoms with Crippen molar-refractivity contribution < 1.29 is 4.74 Å². The Hall–Kier alpha value is -2.33. The van der Waals surface area contributed by atoms with E-state index in [9.17, 15) is 0 Å². The number of rotatable bonds is 12. The normalized spacial score (nSPS) is 11.3. The molecule has 4 heteroatoms. The molecule has 0 aliphatic heterocycles. The van der Waals surface area contributed by atoms with Crippen LogP contribution in [0.2, 0.25) is 0 Å². The Bertz CT molecular complexity index is 895. The quantitative estimate of drug-likeness (QED) is 0.403. The minimum absolute atomic E-state index is 0.441. The van der Waals surface area contributed by atoms with Gasteiger partial charge in [-0.2, -0.15) is 0 Å². The first kappa shape index (κ1) is 20.4. The number of nitrogens with one attached hydrogen (secondary N) is 1. The molecule has 0 saturated heterocycles. The van der Waals surface area contributed by atoms with Crippen LogP contribution in [0.3, 0.4) is 0 Å². The van der Waals surface area contributed by atoms with Crippen LogP contribution in [0.5, 0.6) is 0 Å². The Morgan fingerprint density at radius 2 is 1.36 bits per heavy atom. The van der Waals surface area contributed by atoms with E-state index in [0.717, 1.165) is 24.1 Å². The number of ether oxygens (including phenoxy) is 1. The molecule has 1 heterocycles. The van der Waals surface area contributed by atoms with Gasteiger partial charge in [0.2, 0.25) is 5.62 Å². The van der Waals surface area contributed by atoms with E-state index < -0.39 is 0 Å². The van der Waals surface area contributed by atoms with Crippen molar-refractivity contribution in [3.63, 3.8) is 0 Å². The van der Waals surface area contributed by atoms with Gasteiger partial charge in [-0.3, -0.25) is 9.98 Å². The van der Waals surface area contributed by atoms with Crippen LogP contribution in [0.15, 0.2) is 54.6 Å². The highest BCUT2D eigenvalue weighted by Gasteiger charge is 2.10. The number of imidazole rings is 1. The largest absolute Gasteiger partial charge is 0.361 e. The van der Waals surface area contributed by atoms with E-state index >= 15 is 0 Å². The van der Waals surface area contributed by atoms with Crippen molar-refractivity contribution in [2.45, 2.75) is 65.1 Å². The number of nitrogens with zero attached hydrogens (tertiary/aromatic N) is 2. The first-order chi connectivity index (χ1) is 13.8. The number of para-hydroxylation sites is 2. The molecule has 0 atom stereocenters. The summed E-state index contributed by atoms with van der Waals surface area (Å²) < 4.78 is 9.96. The van der Waals surface area contributed by atoms with Crippen LogP contribution >= 0.6 is 0 Å². The standard InChI is InChI=1S/C24H33N3O/c1-2-3-4-5-6-7-13-18-28-20-27-23-17-12-11-16-22(23)26(24(27)25)19-21-14-9-8-10-15-21/h8-12,14-17,25H,2-7,13,18-20H2,1H3. The maximum absolute atomic E-state index is 8.68. The molecular formula is C24H33N3O. The van der Waals surface area contributed by atoms with Crippen molar-refractivity contribution in [3.8, 4) is 0 Å². The first-order valence-corrected chi connectivity index (χ1v) is 10.7. The molecule has 1 N–H and O–H groups in total. The van der Waals surface area contributed by atoms with Crippen LogP contribution in [0, 0.1) is 5.41 Å². The second kappa shape index (κ2) is 10.9. The Kier molecular flexibility index (Phi) is 7.92. The van der Waals surface area contributed by atoms with Crippen molar-refractivity contribution in [2.75, 3.05) is 6.61 Å². The SMILES string of the molecule is CCCCCCCCCOCn1c(=N)n(Cc2ccccc2)c2ccccc21. The van der Waals surface area contributed by atoms with Gasteiger partial charge >= 0.3 is 0 Å². The highest BCUT2D eigenvalue weighted by atomic mass is 16.5. The lowest BCUT2D eigenvalue weighted by atomic mass is 10.1. The van der Waals surface area contributed by atoms with Crippen LogP contribution < -0.4 is 5.62 Å². The number of benzene rings is 2. The van der Waals surface area contributed by atoms with Crippen LogP contribution in [0.1, 0.15) is 57.4 Å². The minimum Gasteiger partial charge on any atom is -0.361 e. The molecule has 0 spiro atoms. The lowest BCUT2D eigenvalue weighted by Gasteiger charge is -2.07. The van der Waals surface area contributed by atoms with E-state index in [4.69, 9.17) is 10.1 Å². The Morgan fingerprint density at radius 1 is 0.750 bits per heavy atom. The third-order valence-corrected chi connectivity index (χ3v) is 5.27. The second-order valence-electron chi connectivity index (χ2n) is 7.47. The zero-order chi connectivity index (χ0) is 19.6. The van der Waals surface area contributed by atoms with Crippen molar-refractivity contribution in [1.82, 2.24) is 9.13 Å². The number of aromatic nitrogens is 2. The van der Waals surface area contributed by atoms with Gasteiger partial charge in [0.1, 0.15) is 6.73 Å². The molecule has 0 bridgehead atoms. The number of hydrogen-bond donors (Lipinski definition) is 1. The summed E-state index contributed by atoms with van der Waals surface area (Å²) in [5, 5.41) is 8.68. The van der Waals surface area contributed by atoms with Gasteiger partial charge in [0, 0.05) is 6.61 Å². The molecule has 0 amide bonds. The fourth-order valence-electron chi connectivity index (χ4n) is 3.67. The maximum Gasteiger partial charge on any atom is 0.205 e. The predicted molar refractivity (Wildman–Crippen MR) is 115 cm³/mol. The van der Waals surface area contributed by atoms with Crippen LogP contribution in [0.25, 0.3) is 11.0 Å². The molecule has 0 aliphatic carbocycles. The lowest BCUT2D eigenvalue weighted by Crippen LogP contribution is -2.26. The number of hydrogen-bond acceptors (Lipinski definition) is 2. The average Bonchev–Trinajstić information content (AvgIpc) is 2.99. The Labute approximate surface area is 168 Å². The highest BCUT2D eigenvalue weighted by molar-refractivity contribution is 5.75. The summed E-state index contributed by atoms with van der Waals surface area (Å²) in [5.41, 5.74) is 3.83. The summed E-state index contributed by atoms with van der Waals surface area (Å²) in [7, 11) is 0. The summed E-state index contributed by atoms with van der Waals surface area (Å²) in [6, 6.07) is 18.6. The third kappa shape index (κ3) is 5.35. The molecule has 0 radical (unpaired) electrons. The van der Waals surface area contributed by atoms with Gasteiger partial charge in [0.15, 0.2) is 0 Å². The van der Waals surface area contributed by atoms with Crippen molar-refractivity contribution in [3.05, 3.63) is 65.8 Å². The van der Waals surface area contributed by atoms with Crippen molar-refractivity contribution in [1.29, 1.82) is 5.41 Å². The number of fused-ring (bicyclic) bond motifs is 1. The fourth-order valence-corrected chi connectivity index (χ4v) is 3.67. The van der Waals surface area contributed by atoms with Gasteiger partial charge in [0.05, 0.1) is 17.6 Å². The highest BCUT2D eigenvalue weighted by Crippen LogP contribution is 2.15. The molecule has 0 fully saturated rings. The molecule has 1 aromatic heterocycles. The molecule has 150 valence electrons. The average molecular weight is 380 g/mol. The smallest absolute Gasteiger partial charge is 0.205 e. The van der Waals surface area contributed by atoms with Gasteiger partial charge in [-0.05, 0) is 24.1 Å². The van der Waals surface area contributed by atoms with E-state index in [-0.39, 0.29) is 0 Å². The van der Waals surface area contributed by atoms with E-state index in [1.54, 1.807) is 0 Å². The van der Waals surface area contributed by atoms with Crippen molar-refractivity contribution >= 4 is 11.0 Å². The minimum atomic E-state index is 0.441. The van der Waals surface area contributed by atoms with Crippen molar-refractivity contribution in [2.24, 2.45) is 0 Å². The zero-order valence-corrected chi connectivity index (χ0v) is 17.1. The van der Waals surface area contributed by atoms with Gasteiger partial charge in [-0.1, -0.05) is 87.9 Å². The summed E-state index contributed by atoms with van der Waals surface area (Å²) in [5.74, 6) is 0. The van der Waals surface area contributed by atoms with E-state index in [0.29, 0.717) is 18.9 Å². The summed E-state index contributed by atoms with van der Waals surface area (Å²) in [4.78, 5) is 0. The molecule has 4 nitrogen and oxygen atoms in total. The Balaban J connectivity index is 1.59. The molecule has 3 rings (SSSR count). The molecule has 0 saturated carbocycles. The summed E-state index contributed by atoms with van der Waals surface area (Å²) in [6.07, 6.45) is 8.99. The van der Waals surface area contributed by atoms with Crippen LogP contribution in [-0.2, 0) is 18.0 Å². The summed E-state index contributed by atoms with van der Waals surface area (Å²) in [6.45, 7) is 4.16. The predicted octanol–water partition coefficient (Wildman–Crippen LogP) is 5.70. The molecular weight excluding hydrogens is 346 g/mol. The zero-order valence-electron chi connectivity index (χ0n) is 17.1. The summed E-state index contributed by atoms with van der Waals surface area (Å²) >= 11 is 0. The molecule has 2 aromatic carbocycles. The molecule has 3 aromatic rings. The van der Waals surface area contributed by atoms with Gasteiger partial charge in [-0.15, -0.1) is 0 Å². The lowest BCUT2D eigenvalue weighted by molar-refractivity contribution is 0.0730. The molecule has 0 aliphatic rings. The van der Waals surface area contributed by atoms with E-state index in [1.165, 1.54) is 44.1 Å². The van der Waals surface area contributed by atoms with Gasteiger partial charge in [-0.25, -0.2) is 0 Å².